The Hall–Kier alpha value is -2.44. The molecule has 1 aromatic carbocycles. The molecule has 0 spiro atoms. The highest BCUT2D eigenvalue weighted by Crippen LogP contribution is 2.34. The number of carbonyl (C=O) groups is 1. The minimum Gasteiger partial charge on any atom is -0.475 e. The summed E-state index contributed by atoms with van der Waals surface area (Å²) in [6.45, 7) is 3.27. The third kappa shape index (κ3) is 4.64. The number of pyridine rings is 1. The molecule has 1 saturated heterocycles. The van der Waals surface area contributed by atoms with Gasteiger partial charge in [0.15, 0.2) is 0 Å². The third-order valence-electron chi connectivity index (χ3n) is 4.68. The van der Waals surface area contributed by atoms with Crippen LogP contribution < -0.4 is 10.1 Å². The van der Waals surface area contributed by atoms with Gasteiger partial charge in [-0.1, -0.05) is 43.7 Å². The summed E-state index contributed by atoms with van der Waals surface area (Å²) < 4.78 is 16.8. The Kier molecular flexibility index (Phi) is 6.42. The van der Waals surface area contributed by atoms with Gasteiger partial charge in [-0.2, -0.15) is 0 Å². The molecule has 1 aromatic heterocycles. The van der Waals surface area contributed by atoms with Gasteiger partial charge in [0.05, 0.1) is 12.7 Å². The molecule has 2 atom stereocenters. The summed E-state index contributed by atoms with van der Waals surface area (Å²) >= 11 is 0. The molecule has 1 fully saturated rings. The summed E-state index contributed by atoms with van der Waals surface area (Å²) in [6, 6.07) is 13.6. The van der Waals surface area contributed by atoms with Crippen LogP contribution in [-0.4, -0.2) is 37.3 Å². The number of hydrogen-bond acceptors (Lipinski definition) is 6. The first-order chi connectivity index (χ1) is 13.2. The lowest BCUT2D eigenvalue weighted by molar-refractivity contribution is -0.0743. The summed E-state index contributed by atoms with van der Waals surface area (Å²) in [5.41, 5.74) is 1.07. The van der Waals surface area contributed by atoms with Gasteiger partial charge >= 0.3 is 5.97 Å². The second-order valence-electron chi connectivity index (χ2n) is 6.61. The predicted molar refractivity (Wildman–Crippen MR) is 102 cm³/mol. The van der Waals surface area contributed by atoms with Crippen molar-refractivity contribution in [1.82, 2.24) is 10.3 Å². The summed E-state index contributed by atoms with van der Waals surface area (Å²) in [6.07, 6.45) is 4.47. The SMILES string of the molecule is CCCCC1(c2ccccc2)NCC(COc2ccc(C(=O)OC)cn2)O1. The fourth-order valence-electron chi connectivity index (χ4n) is 3.22. The number of ether oxygens (including phenoxy) is 3. The number of rotatable bonds is 8. The average molecular weight is 370 g/mol. The number of carbonyl (C=O) groups excluding carboxylic acids is 1. The molecule has 0 radical (unpaired) electrons. The van der Waals surface area contributed by atoms with Crippen molar-refractivity contribution >= 4 is 5.97 Å². The molecule has 27 heavy (non-hydrogen) atoms. The van der Waals surface area contributed by atoms with Gasteiger partial charge < -0.3 is 14.2 Å². The Labute approximate surface area is 159 Å². The number of unbranched alkanes of at least 4 members (excludes halogenated alkanes) is 1. The van der Waals surface area contributed by atoms with Gasteiger partial charge in [0.25, 0.3) is 0 Å². The lowest BCUT2D eigenvalue weighted by Crippen LogP contribution is -2.38. The van der Waals surface area contributed by atoms with Crippen molar-refractivity contribution in [2.45, 2.75) is 38.0 Å². The number of hydrogen-bond donors (Lipinski definition) is 1. The van der Waals surface area contributed by atoms with Crippen molar-refractivity contribution in [3.05, 3.63) is 59.8 Å². The van der Waals surface area contributed by atoms with Crippen LogP contribution in [0.5, 0.6) is 5.88 Å². The number of benzene rings is 1. The van der Waals surface area contributed by atoms with Gasteiger partial charge in [-0.05, 0) is 24.5 Å². The maximum Gasteiger partial charge on any atom is 0.339 e. The molecule has 1 aliphatic rings. The fourth-order valence-corrected chi connectivity index (χ4v) is 3.22. The summed E-state index contributed by atoms with van der Waals surface area (Å²) in [4.78, 5) is 15.6. The van der Waals surface area contributed by atoms with E-state index in [-0.39, 0.29) is 6.10 Å². The van der Waals surface area contributed by atoms with Crippen molar-refractivity contribution in [3.8, 4) is 5.88 Å². The van der Waals surface area contributed by atoms with Crippen molar-refractivity contribution in [3.63, 3.8) is 0 Å². The van der Waals surface area contributed by atoms with E-state index in [1.54, 1.807) is 12.1 Å². The molecule has 1 aliphatic heterocycles. The third-order valence-corrected chi connectivity index (χ3v) is 4.68. The van der Waals surface area contributed by atoms with Crippen LogP contribution >= 0.6 is 0 Å². The molecule has 0 saturated carbocycles. The van der Waals surface area contributed by atoms with Gasteiger partial charge in [0.2, 0.25) is 5.88 Å². The lowest BCUT2D eigenvalue weighted by atomic mass is 9.97. The van der Waals surface area contributed by atoms with E-state index in [4.69, 9.17) is 9.47 Å². The zero-order valence-electron chi connectivity index (χ0n) is 15.8. The number of esters is 1. The summed E-state index contributed by atoms with van der Waals surface area (Å²) in [7, 11) is 1.34. The molecule has 2 aromatic rings. The van der Waals surface area contributed by atoms with Gasteiger partial charge in [0, 0.05) is 18.8 Å². The van der Waals surface area contributed by atoms with Crippen molar-refractivity contribution in [1.29, 1.82) is 0 Å². The summed E-state index contributed by atoms with van der Waals surface area (Å²) in [5.74, 6) is 0.0398. The Morgan fingerprint density at radius 1 is 1.30 bits per heavy atom. The number of aromatic nitrogens is 1. The quantitative estimate of drug-likeness (QED) is 0.719. The molecule has 0 bridgehead atoms. The number of methoxy groups -OCH3 is 1. The largest absolute Gasteiger partial charge is 0.475 e. The molecule has 2 unspecified atom stereocenters. The van der Waals surface area contributed by atoms with E-state index >= 15 is 0 Å². The maximum absolute atomic E-state index is 11.5. The van der Waals surface area contributed by atoms with E-state index in [1.165, 1.54) is 13.3 Å². The molecule has 6 nitrogen and oxygen atoms in total. The Balaban J connectivity index is 1.61. The lowest BCUT2D eigenvalue weighted by Gasteiger charge is -2.30. The van der Waals surface area contributed by atoms with Crippen LogP contribution in [0.2, 0.25) is 0 Å². The van der Waals surface area contributed by atoms with Crippen molar-refractivity contribution in [2.24, 2.45) is 0 Å². The van der Waals surface area contributed by atoms with Gasteiger partial charge in [-0.3, -0.25) is 5.32 Å². The molecule has 0 amide bonds. The first-order valence-electron chi connectivity index (χ1n) is 9.32. The highest BCUT2D eigenvalue weighted by Gasteiger charge is 2.40. The van der Waals surface area contributed by atoms with Gasteiger partial charge in [0.1, 0.15) is 18.4 Å². The van der Waals surface area contributed by atoms with Crippen LogP contribution in [0.25, 0.3) is 0 Å². The zero-order chi connectivity index (χ0) is 19.1. The molecular formula is C21H26N2O4. The van der Waals surface area contributed by atoms with Crippen LogP contribution in [0.1, 0.15) is 42.1 Å². The second kappa shape index (κ2) is 8.97. The highest BCUT2D eigenvalue weighted by molar-refractivity contribution is 5.88. The molecule has 2 heterocycles. The standard InChI is InChI=1S/C21H26N2O4/c1-3-4-12-21(17-8-6-5-7-9-17)23-14-18(27-21)15-26-19-11-10-16(13-22-19)20(24)25-2/h5-11,13,18,23H,3-4,12,14-15H2,1-2H3. The van der Waals surface area contributed by atoms with Gasteiger partial charge in [-0.15, -0.1) is 0 Å². The van der Waals surface area contributed by atoms with E-state index in [9.17, 15) is 4.79 Å². The summed E-state index contributed by atoms with van der Waals surface area (Å²) in [5, 5.41) is 3.56. The Bertz CT molecular complexity index is 736. The second-order valence-corrected chi connectivity index (χ2v) is 6.61. The molecule has 1 N–H and O–H groups in total. The van der Waals surface area contributed by atoms with E-state index in [1.807, 2.05) is 18.2 Å². The zero-order valence-corrected chi connectivity index (χ0v) is 15.8. The molecule has 0 aliphatic carbocycles. The van der Waals surface area contributed by atoms with E-state index in [2.05, 4.69) is 34.1 Å². The smallest absolute Gasteiger partial charge is 0.339 e. The van der Waals surface area contributed by atoms with Gasteiger partial charge in [-0.25, -0.2) is 9.78 Å². The highest BCUT2D eigenvalue weighted by atomic mass is 16.6. The van der Waals surface area contributed by atoms with Crippen LogP contribution in [0, 0.1) is 0 Å². The minimum absolute atomic E-state index is 0.0795. The molecule has 144 valence electrons. The van der Waals surface area contributed by atoms with E-state index in [0.29, 0.717) is 24.6 Å². The topological polar surface area (TPSA) is 69.7 Å². The first-order valence-corrected chi connectivity index (χ1v) is 9.32. The molecule has 3 rings (SSSR count). The van der Waals surface area contributed by atoms with E-state index < -0.39 is 11.7 Å². The Morgan fingerprint density at radius 2 is 2.11 bits per heavy atom. The first kappa shape index (κ1) is 19.3. The number of nitrogens with zero attached hydrogens (tertiary/aromatic N) is 1. The van der Waals surface area contributed by atoms with Crippen LogP contribution in [0.3, 0.4) is 0 Å². The predicted octanol–water partition coefficient (Wildman–Crippen LogP) is 3.28. The fraction of sp³-hybridized carbons (Fsp3) is 0.429. The van der Waals surface area contributed by atoms with Crippen LogP contribution in [0.15, 0.2) is 48.7 Å². The van der Waals surface area contributed by atoms with Crippen molar-refractivity contribution < 1.29 is 19.0 Å². The van der Waals surface area contributed by atoms with Crippen molar-refractivity contribution in [2.75, 3.05) is 20.3 Å². The maximum atomic E-state index is 11.5. The average Bonchev–Trinajstić information content (AvgIpc) is 3.16. The van der Waals surface area contributed by atoms with Crippen LogP contribution in [0.4, 0.5) is 0 Å². The van der Waals surface area contributed by atoms with Crippen LogP contribution in [-0.2, 0) is 15.2 Å². The van der Waals surface area contributed by atoms with E-state index in [0.717, 1.165) is 24.8 Å². The number of nitrogens with one attached hydrogen (secondary N) is 1. The molecule has 6 heteroatoms. The Morgan fingerprint density at radius 3 is 2.78 bits per heavy atom. The normalized spacial score (nSPS) is 21.8. The monoisotopic (exact) mass is 370 g/mol. The molecular weight excluding hydrogens is 344 g/mol. The minimum atomic E-state index is -0.465.